The molecular formula is C67H88O12SSi2. The highest BCUT2D eigenvalue weighted by Gasteiger charge is 2.77. The lowest BCUT2D eigenvalue weighted by Crippen LogP contribution is -2.67. The van der Waals surface area contributed by atoms with Gasteiger partial charge in [0.15, 0.2) is 8.32 Å². The molecule has 6 heterocycles. The summed E-state index contributed by atoms with van der Waals surface area (Å²) in [7, 11) is -9.65. The highest BCUT2D eigenvalue weighted by atomic mass is 32.2. The number of fused-ring (bicyclic) bond motifs is 4. The highest BCUT2D eigenvalue weighted by Crippen LogP contribution is 2.60. The average molecular weight is 1170 g/mol. The van der Waals surface area contributed by atoms with Gasteiger partial charge in [-0.05, 0) is 98.8 Å². The van der Waals surface area contributed by atoms with Gasteiger partial charge in [0.05, 0.1) is 97.0 Å². The molecule has 0 aliphatic carbocycles. The van der Waals surface area contributed by atoms with Crippen LogP contribution in [0.15, 0.2) is 150 Å². The van der Waals surface area contributed by atoms with Crippen LogP contribution in [0.5, 0.6) is 0 Å². The number of hydrogen-bond acceptors (Lipinski definition) is 12. The molecule has 11 rings (SSSR count). The Kier molecular flexibility index (Phi) is 17.1. The molecule has 15 heteroatoms. The van der Waals surface area contributed by atoms with Crippen molar-refractivity contribution in [2.45, 2.75) is 225 Å². The van der Waals surface area contributed by atoms with Crippen molar-refractivity contribution >= 4 is 36.8 Å². The maximum Gasteiger partial charge on any atom is 0.261 e. The summed E-state index contributed by atoms with van der Waals surface area (Å²) in [5.41, 5.74) is 0.420. The van der Waals surface area contributed by atoms with E-state index < -0.39 is 60.4 Å². The van der Waals surface area contributed by atoms with E-state index in [9.17, 15) is 0 Å². The van der Waals surface area contributed by atoms with Crippen LogP contribution in [-0.4, -0.2) is 121 Å². The smallest absolute Gasteiger partial charge is 0.261 e. The quantitative estimate of drug-likeness (QED) is 0.0443. The summed E-state index contributed by atoms with van der Waals surface area (Å²) in [4.78, 5) is -1.53. The summed E-state index contributed by atoms with van der Waals surface area (Å²) in [6.07, 6.45) is 1.68. The normalized spacial score (nSPS) is 33.9. The summed E-state index contributed by atoms with van der Waals surface area (Å²) in [5, 5.41) is 1.86. The van der Waals surface area contributed by atoms with Crippen LogP contribution in [0, 0.1) is 6.92 Å². The molecule has 0 amide bonds. The third-order valence-corrected chi connectivity index (χ3v) is 27.1. The van der Waals surface area contributed by atoms with E-state index in [1.165, 1.54) is 0 Å². The topological polar surface area (TPSA) is 130 Å². The van der Waals surface area contributed by atoms with Gasteiger partial charge in [-0.15, -0.1) is 0 Å². The maximum atomic E-state index is 15.8. The Hall–Kier alpha value is -3.92. The van der Waals surface area contributed by atoms with Crippen molar-refractivity contribution in [3.05, 3.63) is 162 Å². The van der Waals surface area contributed by atoms with Gasteiger partial charge in [0, 0.05) is 45.1 Å². The zero-order chi connectivity index (χ0) is 57.8. The lowest BCUT2D eigenvalue weighted by molar-refractivity contribution is -0.321. The van der Waals surface area contributed by atoms with Crippen LogP contribution < -0.4 is 10.4 Å². The molecule has 5 aromatic rings. The number of ether oxygens (including phenoxy) is 8. The molecule has 6 aliphatic heterocycles. The van der Waals surface area contributed by atoms with Gasteiger partial charge in [0.2, 0.25) is 14.8 Å². The van der Waals surface area contributed by atoms with Crippen LogP contribution in [0.3, 0.4) is 0 Å². The lowest BCUT2D eigenvalue weighted by atomic mass is 9.80. The molecule has 12 nitrogen and oxygen atoms in total. The SMILES string of the molecule is Cc1ccc(S(=O)(=O)[C@]2(C[C@@H]3O[C@@H]4C[C@@H]5O[C@@H]6C[C@@H]7O[C@](C)(CCOCc8ccccc8)[C@@H](OCc8ccccc8)C[C@H]7O[C@H]6C[C@H]5O[C@H]4CC[C@@]3(C)O[Si](C)(C)C)O[C@]2(C)CO[Si](c2ccccc2)(c2ccccc2)C(C)(C)C)cc1. The van der Waals surface area contributed by atoms with Crippen LogP contribution in [0.25, 0.3) is 0 Å². The van der Waals surface area contributed by atoms with E-state index in [0.717, 1.165) is 27.1 Å². The first-order chi connectivity index (χ1) is 39.0. The van der Waals surface area contributed by atoms with Crippen molar-refractivity contribution in [3.8, 4) is 0 Å². The molecule has 0 bridgehead atoms. The molecule has 6 saturated heterocycles. The van der Waals surface area contributed by atoms with Crippen molar-refractivity contribution in [1.82, 2.24) is 0 Å². The van der Waals surface area contributed by atoms with Gasteiger partial charge < -0.3 is 46.7 Å². The van der Waals surface area contributed by atoms with Crippen molar-refractivity contribution in [1.29, 1.82) is 0 Å². The second-order valence-electron chi connectivity index (χ2n) is 26.9. The third kappa shape index (κ3) is 12.0. The van der Waals surface area contributed by atoms with E-state index >= 15 is 8.42 Å². The number of aryl methyl sites for hydroxylation is 1. The molecule has 0 unspecified atom stereocenters. The number of epoxide rings is 1. The molecule has 14 atom stereocenters. The van der Waals surface area contributed by atoms with Gasteiger partial charge in [-0.1, -0.05) is 160 Å². The Morgan fingerprint density at radius 3 is 1.66 bits per heavy atom. The van der Waals surface area contributed by atoms with Crippen LogP contribution >= 0.6 is 0 Å². The Bertz CT molecular complexity index is 3000. The van der Waals surface area contributed by atoms with E-state index in [1.54, 1.807) is 12.1 Å². The first-order valence-electron chi connectivity index (χ1n) is 30.1. The maximum absolute atomic E-state index is 15.8. The fourth-order valence-electron chi connectivity index (χ4n) is 14.3. The van der Waals surface area contributed by atoms with Gasteiger partial charge in [-0.2, -0.15) is 0 Å². The summed E-state index contributed by atoms with van der Waals surface area (Å²) in [6.45, 7) is 23.0. The zero-order valence-corrected chi connectivity index (χ0v) is 52.7. The minimum atomic E-state index is -4.21. The summed E-state index contributed by atoms with van der Waals surface area (Å²) in [6, 6.07) is 48.6. The number of rotatable bonds is 19. The lowest BCUT2D eigenvalue weighted by Gasteiger charge is -2.55. The van der Waals surface area contributed by atoms with Crippen molar-refractivity contribution in [3.63, 3.8) is 0 Å². The Morgan fingerprint density at radius 2 is 1.11 bits per heavy atom. The second-order valence-corrected chi connectivity index (χ2v) is 37.8. The minimum absolute atomic E-state index is 0.0219. The average Bonchev–Trinajstić information content (AvgIpc) is 1.54. The van der Waals surface area contributed by atoms with Crippen molar-refractivity contribution in [2.75, 3.05) is 13.2 Å². The molecule has 442 valence electrons. The standard InChI is InChI=1S/C67H88O12SSi2/c1-47-31-33-50(34-32-47)80(68,69)67(66(7,78-67)46-72-82(63(2,3)4,51-27-19-13-20-28-51)52-29-21-14-22-30-52)43-62-65(6,79-81(8,9)10)36-35-53-54(76-62)39-56-55(73-53)40-57-58(74-56)41-60-59(75-57)42-61(71-45-49-25-17-12-18-26-49)64(5,77-60)37-38-70-44-48-23-15-11-16-24-48/h11-34,53-62H,35-46H2,1-10H3/t53-,54+,55+,56-,57-,58+,59+,60-,61-,62-,64+,65+,66+,67-/m0/s1. The molecule has 0 N–H and O–H groups in total. The van der Waals surface area contributed by atoms with Gasteiger partial charge in [0.1, 0.15) is 5.60 Å². The van der Waals surface area contributed by atoms with Crippen LogP contribution in [0.4, 0.5) is 0 Å². The first-order valence-corrected chi connectivity index (χ1v) is 36.9. The van der Waals surface area contributed by atoms with Crippen LogP contribution in [0.2, 0.25) is 24.7 Å². The van der Waals surface area contributed by atoms with Gasteiger partial charge >= 0.3 is 0 Å². The van der Waals surface area contributed by atoms with E-state index in [4.69, 9.17) is 46.7 Å². The van der Waals surface area contributed by atoms with Gasteiger partial charge in [-0.25, -0.2) is 8.42 Å². The van der Waals surface area contributed by atoms with Gasteiger partial charge in [0.25, 0.3) is 8.32 Å². The molecule has 0 aromatic heterocycles. The molecule has 0 saturated carbocycles. The molecular weight excluding hydrogens is 1080 g/mol. The molecule has 0 radical (unpaired) electrons. The number of benzene rings is 5. The Morgan fingerprint density at radius 1 is 0.610 bits per heavy atom. The summed E-state index contributed by atoms with van der Waals surface area (Å²) in [5.74, 6) is 0. The molecule has 5 aromatic carbocycles. The van der Waals surface area contributed by atoms with E-state index in [0.29, 0.717) is 64.8 Å². The van der Waals surface area contributed by atoms with Crippen molar-refractivity contribution < 1.29 is 55.2 Å². The van der Waals surface area contributed by atoms with Crippen LogP contribution in [0.1, 0.15) is 110 Å². The highest BCUT2D eigenvalue weighted by molar-refractivity contribution is 7.93. The fourth-order valence-corrected chi connectivity index (χ4v) is 22.7. The predicted octanol–water partition coefficient (Wildman–Crippen LogP) is 11.6. The van der Waals surface area contributed by atoms with E-state index in [1.807, 2.05) is 74.5 Å². The second kappa shape index (κ2) is 23.4. The number of hydrogen-bond donors (Lipinski definition) is 0. The Balaban J connectivity index is 0.851. The summed E-state index contributed by atoms with van der Waals surface area (Å²) < 4.78 is 103. The summed E-state index contributed by atoms with van der Waals surface area (Å²) >= 11 is 0. The van der Waals surface area contributed by atoms with E-state index in [-0.39, 0.29) is 71.8 Å². The predicted molar refractivity (Wildman–Crippen MR) is 323 cm³/mol. The zero-order valence-electron chi connectivity index (χ0n) is 49.9. The first kappa shape index (κ1) is 59.8. The Labute approximate surface area is 490 Å². The van der Waals surface area contributed by atoms with Gasteiger partial charge in [-0.3, -0.25) is 0 Å². The molecule has 0 spiro atoms. The number of sulfone groups is 1. The molecule has 82 heavy (non-hydrogen) atoms. The largest absolute Gasteiger partial charge is 0.410 e. The fraction of sp³-hybridized carbons (Fsp3) is 0.552. The minimum Gasteiger partial charge on any atom is -0.410 e. The van der Waals surface area contributed by atoms with Crippen LogP contribution in [-0.2, 0) is 69.8 Å². The van der Waals surface area contributed by atoms with E-state index in [2.05, 4.69) is 127 Å². The monoisotopic (exact) mass is 1170 g/mol. The third-order valence-electron chi connectivity index (χ3n) is 18.6. The molecule has 6 aliphatic rings. The van der Waals surface area contributed by atoms with Crippen molar-refractivity contribution in [2.24, 2.45) is 0 Å². The molecule has 6 fully saturated rings.